The summed E-state index contributed by atoms with van der Waals surface area (Å²) in [6.45, 7) is 0. The summed E-state index contributed by atoms with van der Waals surface area (Å²) < 4.78 is 51.6. The quantitative estimate of drug-likeness (QED) is 0.344. The molecular formula is C8H2F4N2O. The predicted octanol–water partition coefficient (Wildman–Crippen LogP) is 1.93. The van der Waals surface area contributed by atoms with Crippen molar-refractivity contribution in [1.29, 1.82) is 0 Å². The van der Waals surface area contributed by atoms with Gasteiger partial charge in [0.2, 0.25) is 0 Å². The number of aldehydes is 1. The predicted molar refractivity (Wildman–Crippen MR) is 41.3 cm³/mol. The van der Waals surface area contributed by atoms with Crippen molar-refractivity contribution in [2.24, 2.45) is 0 Å². The van der Waals surface area contributed by atoms with Gasteiger partial charge in [0.05, 0.1) is 5.39 Å². The van der Waals surface area contributed by atoms with Crippen LogP contribution in [0.1, 0.15) is 10.5 Å². The lowest BCUT2D eigenvalue weighted by Crippen LogP contribution is -1.97. The summed E-state index contributed by atoms with van der Waals surface area (Å²) in [5.41, 5.74) is -1.19. The van der Waals surface area contributed by atoms with Gasteiger partial charge in [-0.1, -0.05) is 0 Å². The summed E-state index contributed by atoms with van der Waals surface area (Å²) in [5.74, 6) is -7.19. The Morgan fingerprint density at radius 3 is 2.20 bits per heavy atom. The van der Waals surface area contributed by atoms with E-state index in [1.807, 2.05) is 5.10 Å². The van der Waals surface area contributed by atoms with Crippen LogP contribution in [0.15, 0.2) is 0 Å². The molecule has 3 nitrogen and oxygen atoms in total. The van der Waals surface area contributed by atoms with E-state index in [0.29, 0.717) is 0 Å². The standard InChI is InChI=1S/C8H2F4N2O/c9-4-3-2(1-15)13-14-8(3)7(12)6(11)5(4)10/h1H,(H,13,14). The molecule has 0 spiro atoms. The van der Waals surface area contributed by atoms with Gasteiger partial charge >= 0.3 is 0 Å². The number of H-pyrrole nitrogens is 1. The average molecular weight is 218 g/mol. The van der Waals surface area contributed by atoms with Gasteiger partial charge in [0.1, 0.15) is 11.2 Å². The van der Waals surface area contributed by atoms with Gasteiger partial charge in [0, 0.05) is 0 Å². The molecule has 7 heteroatoms. The molecule has 0 unspecified atom stereocenters. The highest BCUT2D eigenvalue weighted by molar-refractivity contribution is 5.95. The molecule has 0 radical (unpaired) electrons. The number of fused-ring (bicyclic) bond motifs is 1. The molecule has 1 heterocycles. The fourth-order valence-corrected chi connectivity index (χ4v) is 1.23. The molecular weight excluding hydrogens is 216 g/mol. The normalized spacial score (nSPS) is 10.9. The van der Waals surface area contributed by atoms with E-state index in [2.05, 4.69) is 5.10 Å². The van der Waals surface area contributed by atoms with Crippen LogP contribution in [0.25, 0.3) is 10.9 Å². The Kier molecular flexibility index (Phi) is 1.95. The molecule has 0 amide bonds. The number of aromatic amines is 1. The highest BCUT2D eigenvalue weighted by Gasteiger charge is 2.24. The molecule has 0 bridgehead atoms. The van der Waals surface area contributed by atoms with Crippen molar-refractivity contribution in [1.82, 2.24) is 10.2 Å². The minimum Gasteiger partial charge on any atom is -0.296 e. The van der Waals surface area contributed by atoms with Crippen molar-refractivity contribution in [3.63, 3.8) is 0 Å². The summed E-state index contributed by atoms with van der Waals surface area (Å²) in [6, 6.07) is 0. The second-order valence-electron chi connectivity index (χ2n) is 2.73. The van der Waals surface area contributed by atoms with Crippen LogP contribution in [0.4, 0.5) is 17.6 Å². The number of rotatable bonds is 1. The molecule has 1 aromatic carbocycles. The fraction of sp³-hybridized carbons (Fsp3) is 0. The molecule has 0 saturated carbocycles. The summed E-state index contributed by atoms with van der Waals surface area (Å²) >= 11 is 0. The van der Waals surface area contributed by atoms with Gasteiger partial charge in [-0.15, -0.1) is 0 Å². The first-order valence-electron chi connectivity index (χ1n) is 3.73. The van der Waals surface area contributed by atoms with Crippen molar-refractivity contribution < 1.29 is 22.4 Å². The van der Waals surface area contributed by atoms with Crippen LogP contribution in [0.5, 0.6) is 0 Å². The number of carbonyl (C=O) groups is 1. The summed E-state index contributed by atoms with van der Waals surface area (Å²) in [5, 5.41) is 4.45. The third kappa shape index (κ3) is 1.12. The Balaban J connectivity index is 3.03. The number of carbonyl (C=O) groups excluding carboxylic acids is 1. The van der Waals surface area contributed by atoms with Crippen molar-refractivity contribution in [2.45, 2.75) is 0 Å². The zero-order valence-electron chi connectivity index (χ0n) is 6.94. The number of nitrogens with zero attached hydrogens (tertiary/aromatic N) is 1. The van der Waals surface area contributed by atoms with Gasteiger partial charge in [0.25, 0.3) is 0 Å². The van der Waals surface area contributed by atoms with Gasteiger partial charge in [-0.05, 0) is 0 Å². The van der Waals surface area contributed by atoms with E-state index in [9.17, 15) is 22.4 Å². The number of benzene rings is 1. The molecule has 2 aromatic rings. The number of nitrogens with one attached hydrogen (secondary N) is 1. The SMILES string of the molecule is O=Cc1[nH]nc2c(F)c(F)c(F)c(F)c12. The Bertz CT molecular complexity index is 564. The lowest BCUT2D eigenvalue weighted by atomic mass is 10.2. The molecule has 0 aliphatic heterocycles. The van der Waals surface area contributed by atoms with Crippen LogP contribution < -0.4 is 0 Å². The van der Waals surface area contributed by atoms with Crippen LogP contribution in [-0.2, 0) is 0 Å². The molecule has 1 N–H and O–H groups in total. The van der Waals surface area contributed by atoms with Crippen molar-refractivity contribution in [2.75, 3.05) is 0 Å². The minimum absolute atomic E-state index is 0.134. The highest BCUT2D eigenvalue weighted by Crippen LogP contribution is 2.26. The maximum absolute atomic E-state index is 13.1. The van der Waals surface area contributed by atoms with Crippen LogP contribution >= 0.6 is 0 Å². The van der Waals surface area contributed by atoms with Gasteiger partial charge in [-0.3, -0.25) is 9.89 Å². The molecule has 0 atom stereocenters. The second kappa shape index (κ2) is 3.04. The maximum atomic E-state index is 13.1. The van der Waals surface area contributed by atoms with Crippen molar-refractivity contribution in [3.05, 3.63) is 29.0 Å². The van der Waals surface area contributed by atoms with Crippen molar-refractivity contribution in [3.8, 4) is 0 Å². The van der Waals surface area contributed by atoms with Gasteiger partial charge in [-0.2, -0.15) is 5.10 Å². The van der Waals surface area contributed by atoms with Crippen LogP contribution in [0.2, 0.25) is 0 Å². The summed E-state index contributed by atoms with van der Waals surface area (Å²) in [6.07, 6.45) is 0.134. The average Bonchev–Trinajstić information content (AvgIpc) is 2.67. The Hall–Kier alpha value is -1.92. The third-order valence-electron chi connectivity index (χ3n) is 1.92. The van der Waals surface area contributed by atoms with E-state index in [-0.39, 0.29) is 6.29 Å². The molecule has 78 valence electrons. The molecule has 1 aromatic heterocycles. The Morgan fingerprint density at radius 2 is 1.60 bits per heavy atom. The van der Waals surface area contributed by atoms with E-state index < -0.39 is 39.9 Å². The smallest absolute Gasteiger partial charge is 0.199 e. The Morgan fingerprint density at radius 1 is 1.00 bits per heavy atom. The van der Waals surface area contributed by atoms with Crippen LogP contribution in [0, 0.1) is 23.3 Å². The van der Waals surface area contributed by atoms with E-state index >= 15 is 0 Å². The first-order chi connectivity index (χ1) is 7.07. The number of halogens is 4. The number of hydrogen-bond acceptors (Lipinski definition) is 2. The van der Waals surface area contributed by atoms with Crippen LogP contribution in [0.3, 0.4) is 0 Å². The topological polar surface area (TPSA) is 45.8 Å². The van der Waals surface area contributed by atoms with Gasteiger partial charge < -0.3 is 0 Å². The van der Waals surface area contributed by atoms with Gasteiger partial charge in [-0.25, -0.2) is 17.6 Å². The second-order valence-corrected chi connectivity index (χ2v) is 2.73. The summed E-state index contributed by atoms with van der Waals surface area (Å²) in [4.78, 5) is 10.4. The molecule has 0 fully saturated rings. The minimum atomic E-state index is -1.97. The maximum Gasteiger partial charge on any atom is 0.199 e. The Labute approximate surface area is 79.7 Å². The highest BCUT2D eigenvalue weighted by atomic mass is 19.2. The van der Waals surface area contributed by atoms with E-state index in [4.69, 9.17) is 0 Å². The molecule has 15 heavy (non-hydrogen) atoms. The first kappa shape index (κ1) is 9.63. The van der Waals surface area contributed by atoms with E-state index in [0.717, 1.165) is 0 Å². The molecule has 0 aliphatic rings. The third-order valence-corrected chi connectivity index (χ3v) is 1.92. The van der Waals surface area contributed by atoms with E-state index in [1.54, 1.807) is 0 Å². The summed E-state index contributed by atoms with van der Waals surface area (Å²) in [7, 11) is 0. The number of aromatic nitrogens is 2. The first-order valence-corrected chi connectivity index (χ1v) is 3.73. The lowest BCUT2D eigenvalue weighted by molar-refractivity contribution is 0.112. The zero-order chi connectivity index (χ0) is 11.2. The number of hydrogen-bond donors (Lipinski definition) is 1. The monoisotopic (exact) mass is 218 g/mol. The van der Waals surface area contributed by atoms with E-state index in [1.165, 1.54) is 0 Å². The fourth-order valence-electron chi connectivity index (χ4n) is 1.23. The van der Waals surface area contributed by atoms with Gasteiger partial charge in [0.15, 0.2) is 29.6 Å². The molecule has 0 saturated heterocycles. The van der Waals surface area contributed by atoms with Crippen molar-refractivity contribution >= 4 is 17.2 Å². The van der Waals surface area contributed by atoms with Crippen LogP contribution in [-0.4, -0.2) is 16.5 Å². The molecule has 0 aliphatic carbocycles. The largest absolute Gasteiger partial charge is 0.296 e. The lowest BCUT2D eigenvalue weighted by Gasteiger charge is -1.98. The molecule has 2 rings (SSSR count). The zero-order valence-corrected chi connectivity index (χ0v) is 6.94.